The van der Waals surface area contributed by atoms with Crippen LogP contribution in [0, 0.1) is 11.8 Å². The highest BCUT2D eigenvalue weighted by atomic mass is 16.4. The molecule has 0 bridgehead atoms. The minimum atomic E-state index is -0.848. The van der Waals surface area contributed by atoms with Gasteiger partial charge in [0.15, 0.2) is 0 Å². The SMILES string of the molecule is CC(C)CCCC(C)C/C=C/C(=O)O. The topological polar surface area (TPSA) is 37.3 Å². The fraction of sp³-hybridized carbons (Fsp3) is 0.750. The van der Waals surface area contributed by atoms with E-state index in [4.69, 9.17) is 5.11 Å². The molecule has 1 atom stereocenters. The zero-order valence-electron chi connectivity index (χ0n) is 9.49. The van der Waals surface area contributed by atoms with Gasteiger partial charge in [0, 0.05) is 6.08 Å². The maximum absolute atomic E-state index is 10.2. The first-order valence-corrected chi connectivity index (χ1v) is 5.41. The van der Waals surface area contributed by atoms with Gasteiger partial charge in [-0.05, 0) is 18.3 Å². The molecule has 0 spiro atoms. The number of carbonyl (C=O) groups is 1. The zero-order valence-corrected chi connectivity index (χ0v) is 9.49. The predicted molar refractivity (Wildman–Crippen MR) is 59.2 cm³/mol. The molecule has 2 nitrogen and oxygen atoms in total. The van der Waals surface area contributed by atoms with Crippen molar-refractivity contribution in [1.29, 1.82) is 0 Å². The number of carboxylic acid groups (broad SMARTS) is 1. The minimum Gasteiger partial charge on any atom is -0.478 e. The van der Waals surface area contributed by atoms with Crippen molar-refractivity contribution in [3.8, 4) is 0 Å². The number of aliphatic carboxylic acids is 1. The maximum atomic E-state index is 10.2. The molecule has 0 aliphatic rings. The molecule has 0 aromatic heterocycles. The fourth-order valence-electron chi connectivity index (χ4n) is 1.39. The summed E-state index contributed by atoms with van der Waals surface area (Å²) in [7, 11) is 0. The van der Waals surface area contributed by atoms with Crippen molar-refractivity contribution in [2.75, 3.05) is 0 Å². The van der Waals surface area contributed by atoms with Gasteiger partial charge in [0.2, 0.25) is 0 Å². The third-order valence-electron chi connectivity index (χ3n) is 2.28. The van der Waals surface area contributed by atoms with Crippen LogP contribution >= 0.6 is 0 Å². The average molecular weight is 198 g/mol. The van der Waals surface area contributed by atoms with E-state index in [9.17, 15) is 4.79 Å². The number of rotatable bonds is 7. The molecule has 0 rings (SSSR count). The summed E-state index contributed by atoms with van der Waals surface area (Å²) in [5.74, 6) is 0.528. The summed E-state index contributed by atoms with van der Waals surface area (Å²) in [6.07, 6.45) is 7.58. The van der Waals surface area contributed by atoms with Gasteiger partial charge < -0.3 is 5.11 Å². The molecule has 14 heavy (non-hydrogen) atoms. The Bertz CT molecular complexity index is 183. The summed E-state index contributed by atoms with van der Waals surface area (Å²) < 4.78 is 0. The molecule has 1 N–H and O–H groups in total. The second-order valence-electron chi connectivity index (χ2n) is 4.41. The highest BCUT2D eigenvalue weighted by Crippen LogP contribution is 2.15. The predicted octanol–water partition coefficient (Wildman–Crippen LogP) is 3.48. The molecule has 0 aromatic carbocycles. The van der Waals surface area contributed by atoms with Gasteiger partial charge in [0.1, 0.15) is 0 Å². The van der Waals surface area contributed by atoms with Gasteiger partial charge in [0.25, 0.3) is 0 Å². The van der Waals surface area contributed by atoms with E-state index in [0.717, 1.165) is 12.3 Å². The number of hydrogen-bond donors (Lipinski definition) is 1. The largest absolute Gasteiger partial charge is 0.478 e. The van der Waals surface area contributed by atoms with Crippen LogP contribution in [-0.2, 0) is 4.79 Å². The lowest BCUT2D eigenvalue weighted by Crippen LogP contribution is -1.96. The summed E-state index contributed by atoms with van der Waals surface area (Å²) in [4.78, 5) is 10.2. The van der Waals surface area contributed by atoms with Gasteiger partial charge >= 0.3 is 5.97 Å². The molecule has 2 heteroatoms. The van der Waals surface area contributed by atoms with Crippen LogP contribution in [0.15, 0.2) is 12.2 Å². The van der Waals surface area contributed by atoms with E-state index in [0.29, 0.717) is 5.92 Å². The van der Waals surface area contributed by atoms with Crippen molar-refractivity contribution in [2.24, 2.45) is 11.8 Å². The van der Waals surface area contributed by atoms with Gasteiger partial charge in [-0.25, -0.2) is 4.79 Å². The normalized spacial score (nSPS) is 13.7. The highest BCUT2D eigenvalue weighted by Gasteiger charge is 2.01. The Morgan fingerprint density at radius 1 is 1.29 bits per heavy atom. The van der Waals surface area contributed by atoms with Crippen molar-refractivity contribution < 1.29 is 9.90 Å². The van der Waals surface area contributed by atoms with E-state index in [1.54, 1.807) is 6.08 Å². The Hall–Kier alpha value is -0.790. The van der Waals surface area contributed by atoms with Crippen LogP contribution in [0.3, 0.4) is 0 Å². The summed E-state index contributed by atoms with van der Waals surface area (Å²) in [6.45, 7) is 6.64. The van der Waals surface area contributed by atoms with E-state index < -0.39 is 5.97 Å². The molecule has 0 heterocycles. The van der Waals surface area contributed by atoms with Crippen LogP contribution in [0.1, 0.15) is 46.5 Å². The Balaban J connectivity index is 3.45. The van der Waals surface area contributed by atoms with E-state index >= 15 is 0 Å². The minimum absolute atomic E-state index is 0.601. The fourth-order valence-corrected chi connectivity index (χ4v) is 1.39. The van der Waals surface area contributed by atoms with Crippen LogP contribution in [0.25, 0.3) is 0 Å². The monoisotopic (exact) mass is 198 g/mol. The molecule has 1 unspecified atom stereocenters. The molecule has 82 valence electrons. The molecule has 0 radical (unpaired) electrons. The van der Waals surface area contributed by atoms with Crippen molar-refractivity contribution in [3.05, 3.63) is 12.2 Å². The van der Waals surface area contributed by atoms with Crippen LogP contribution in [0.4, 0.5) is 0 Å². The Morgan fingerprint density at radius 3 is 2.43 bits per heavy atom. The van der Waals surface area contributed by atoms with Gasteiger partial charge in [-0.1, -0.05) is 46.1 Å². The third-order valence-corrected chi connectivity index (χ3v) is 2.28. The summed E-state index contributed by atoms with van der Waals surface area (Å²) in [6, 6.07) is 0. The van der Waals surface area contributed by atoms with E-state index in [2.05, 4.69) is 20.8 Å². The Kier molecular flexibility index (Phi) is 7.17. The molecule has 0 amide bonds. The molecular weight excluding hydrogens is 176 g/mol. The number of allylic oxidation sites excluding steroid dienone is 1. The van der Waals surface area contributed by atoms with Crippen LogP contribution < -0.4 is 0 Å². The highest BCUT2D eigenvalue weighted by molar-refractivity contribution is 5.79. The quantitative estimate of drug-likeness (QED) is 0.636. The van der Waals surface area contributed by atoms with Crippen LogP contribution in [0.5, 0.6) is 0 Å². The van der Waals surface area contributed by atoms with Crippen molar-refractivity contribution in [3.63, 3.8) is 0 Å². The second kappa shape index (κ2) is 7.60. The third kappa shape index (κ3) is 9.30. The van der Waals surface area contributed by atoms with Gasteiger partial charge in [-0.2, -0.15) is 0 Å². The molecule has 0 saturated heterocycles. The van der Waals surface area contributed by atoms with Gasteiger partial charge in [0.05, 0.1) is 0 Å². The lowest BCUT2D eigenvalue weighted by Gasteiger charge is -2.09. The van der Waals surface area contributed by atoms with E-state index in [1.165, 1.54) is 25.3 Å². The summed E-state index contributed by atoms with van der Waals surface area (Å²) >= 11 is 0. The van der Waals surface area contributed by atoms with Gasteiger partial charge in [-0.15, -0.1) is 0 Å². The summed E-state index contributed by atoms with van der Waals surface area (Å²) in [5, 5.41) is 8.39. The molecule has 0 fully saturated rings. The average Bonchev–Trinajstić information content (AvgIpc) is 2.02. The molecule has 0 aromatic rings. The van der Waals surface area contributed by atoms with E-state index in [-0.39, 0.29) is 0 Å². The number of hydrogen-bond acceptors (Lipinski definition) is 1. The van der Waals surface area contributed by atoms with Gasteiger partial charge in [-0.3, -0.25) is 0 Å². The van der Waals surface area contributed by atoms with E-state index in [1.807, 2.05) is 0 Å². The van der Waals surface area contributed by atoms with Crippen molar-refractivity contribution in [2.45, 2.75) is 46.5 Å². The van der Waals surface area contributed by atoms with Crippen molar-refractivity contribution >= 4 is 5.97 Å². The Morgan fingerprint density at radius 2 is 1.93 bits per heavy atom. The van der Waals surface area contributed by atoms with Crippen LogP contribution in [-0.4, -0.2) is 11.1 Å². The van der Waals surface area contributed by atoms with Crippen molar-refractivity contribution in [1.82, 2.24) is 0 Å². The zero-order chi connectivity index (χ0) is 11.0. The lowest BCUT2D eigenvalue weighted by atomic mass is 9.97. The van der Waals surface area contributed by atoms with Crippen LogP contribution in [0.2, 0.25) is 0 Å². The summed E-state index contributed by atoms with van der Waals surface area (Å²) in [5.41, 5.74) is 0. The first kappa shape index (κ1) is 13.2. The molecule has 0 saturated carbocycles. The Labute approximate surface area is 87.0 Å². The second-order valence-corrected chi connectivity index (χ2v) is 4.41. The first-order chi connectivity index (χ1) is 6.52. The maximum Gasteiger partial charge on any atom is 0.327 e. The standard InChI is InChI=1S/C12H22O2/c1-10(2)6-4-7-11(3)8-5-9-12(13)14/h5,9-11H,4,6-8H2,1-3H3,(H,13,14)/b9-5+. The lowest BCUT2D eigenvalue weighted by molar-refractivity contribution is -0.131. The molecular formula is C12H22O2. The smallest absolute Gasteiger partial charge is 0.327 e. The number of carboxylic acids is 1. The molecule has 0 aliphatic heterocycles. The molecule has 0 aliphatic carbocycles. The first-order valence-electron chi connectivity index (χ1n) is 5.41.